The fourth-order valence-corrected chi connectivity index (χ4v) is 3.31. The first-order valence-electron chi connectivity index (χ1n) is 7.97. The van der Waals surface area contributed by atoms with E-state index in [1.807, 2.05) is 24.3 Å². The van der Waals surface area contributed by atoms with Gasteiger partial charge in [-0.25, -0.2) is 13.6 Å². The molecule has 1 aliphatic heterocycles. The van der Waals surface area contributed by atoms with Crippen molar-refractivity contribution < 1.29 is 18.2 Å². The van der Waals surface area contributed by atoms with E-state index in [-0.39, 0.29) is 11.8 Å². The highest BCUT2D eigenvalue weighted by molar-refractivity contribution is 7.77. The first-order chi connectivity index (χ1) is 12.1. The molecule has 1 fully saturated rings. The largest absolute Gasteiger partial charge is 0.493 e. The van der Waals surface area contributed by atoms with E-state index in [0.29, 0.717) is 31.4 Å². The van der Waals surface area contributed by atoms with Gasteiger partial charge in [-0.2, -0.15) is 5.10 Å². The quantitative estimate of drug-likeness (QED) is 0.714. The zero-order valence-corrected chi connectivity index (χ0v) is 15.1. The van der Waals surface area contributed by atoms with Crippen molar-refractivity contribution in [2.24, 2.45) is 11.8 Å². The first kappa shape index (κ1) is 18.3. The van der Waals surface area contributed by atoms with Gasteiger partial charge in [0.2, 0.25) is 11.3 Å². The van der Waals surface area contributed by atoms with Gasteiger partial charge in [-0.3, -0.25) is 4.55 Å². The van der Waals surface area contributed by atoms with E-state index in [1.165, 1.54) is 0 Å². The minimum Gasteiger partial charge on any atom is -0.493 e. The Morgan fingerprint density at radius 3 is 2.88 bits per heavy atom. The van der Waals surface area contributed by atoms with E-state index in [9.17, 15) is 4.21 Å². The molecule has 2 N–H and O–H groups in total. The number of halogens is 1. The molecule has 1 aromatic heterocycles. The van der Waals surface area contributed by atoms with Crippen molar-refractivity contribution in [3.05, 3.63) is 41.7 Å². The maximum atomic E-state index is 10.8. The van der Waals surface area contributed by atoms with Crippen LogP contribution < -0.4 is 9.46 Å². The molecule has 1 aromatic carbocycles. The third-order valence-electron chi connectivity index (χ3n) is 4.22. The Hall–Kier alpha value is -1.45. The van der Waals surface area contributed by atoms with Crippen molar-refractivity contribution >= 4 is 22.9 Å². The second-order valence-corrected chi connectivity index (χ2v) is 7.11. The van der Waals surface area contributed by atoms with Crippen LogP contribution in [0.1, 0.15) is 6.42 Å². The van der Waals surface area contributed by atoms with Crippen molar-refractivity contribution in [1.29, 1.82) is 0 Å². The van der Waals surface area contributed by atoms with Crippen LogP contribution in [-0.2, 0) is 16.0 Å². The molecule has 7 nitrogen and oxygen atoms in total. The number of rotatable bonds is 7. The van der Waals surface area contributed by atoms with Crippen LogP contribution in [0.2, 0.25) is 5.02 Å². The molecule has 0 bridgehead atoms. The number of hydrogen-bond donors (Lipinski definition) is 2. The normalized spacial score (nSPS) is 21.8. The van der Waals surface area contributed by atoms with Crippen molar-refractivity contribution in [2.75, 3.05) is 26.4 Å². The summed E-state index contributed by atoms with van der Waals surface area (Å²) in [7, 11) is 0. The predicted octanol–water partition coefficient (Wildman–Crippen LogP) is 2.28. The number of nitrogens with zero attached hydrogens (tertiary/aromatic N) is 2. The lowest BCUT2D eigenvalue weighted by Gasteiger charge is -2.31. The maximum Gasteiger partial charge on any atom is 0.231 e. The number of ether oxygens (including phenoxy) is 2. The van der Waals surface area contributed by atoms with Crippen molar-refractivity contribution in [3.8, 4) is 11.4 Å². The van der Waals surface area contributed by atoms with E-state index in [2.05, 4.69) is 9.82 Å². The third kappa shape index (κ3) is 5.26. The summed E-state index contributed by atoms with van der Waals surface area (Å²) in [5.41, 5.74) is 0.896. The molecular formula is C16H20ClN3O4S. The Kier molecular flexibility index (Phi) is 6.44. The third-order valence-corrected chi connectivity index (χ3v) is 4.83. The highest BCUT2D eigenvalue weighted by Crippen LogP contribution is 2.23. The summed E-state index contributed by atoms with van der Waals surface area (Å²) >= 11 is 3.89. The molecule has 0 aliphatic carbocycles. The maximum absolute atomic E-state index is 10.8. The summed E-state index contributed by atoms with van der Waals surface area (Å²) in [4.78, 5) is 0. The number of nitrogens with one attached hydrogen (secondary N) is 1. The topological polar surface area (TPSA) is 85.6 Å². The van der Waals surface area contributed by atoms with Gasteiger partial charge in [0, 0.05) is 25.3 Å². The van der Waals surface area contributed by atoms with Gasteiger partial charge in [-0.1, -0.05) is 11.6 Å². The van der Waals surface area contributed by atoms with Gasteiger partial charge < -0.3 is 9.47 Å². The smallest absolute Gasteiger partial charge is 0.231 e. The predicted molar refractivity (Wildman–Crippen MR) is 95.3 cm³/mol. The minimum atomic E-state index is -1.99. The van der Waals surface area contributed by atoms with Gasteiger partial charge in [-0.05, 0) is 36.6 Å². The lowest BCUT2D eigenvalue weighted by atomic mass is 9.89. The van der Waals surface area contributed by atoms with Crippen molar-refractivity contribution in [1.82, 2.24) is 14.5 Å². The molecule has 3 atom stereocenters. The van der Waals surface area contributed by atoms with E-state index in [1.54, 1.807) is 17.1 Å². The molecular weight excluding hydrogens is 366 g/mol. The van der Waals surface area contributed by atoms with Crippen LogP contribution in [0, 0.1) is 11.8 Å². The molecule has 0 amide bonds. The molecule has 0 spiro atoms. The second-order valence-electron chi connectivity index (χ2n) is 5.89. The SMILES string of the molecule is O=S(O)NC[C@H]1CCOC[C@@H]1COc1ccc(-n2cc(Cl)cn2)cc1. The van der Waals surface area contributed by atoms with E-state index in [0.717, 1.165) is 17.9 Å². The van der Waals surface area contributed by atoms with E-state index >= 15 is 0 Å². The summed E-state index contributed by atoms with van der Waals surface area (Å²) in [6.07, 6.45) is 4.17. The van der Waals surface area contributed by atoms with Crippen LogP contribution in [0.15, 0.2) is 36.7 Å². The van der Waals surface area contributed by atoms with Crippen LogP contribution in [-0.4, -0.2) is 44.9 Å². The highest BCUT2D eigenvalue weighted by Gasteiger charge is 2.26. The Morgan fingerprint density at radius 2 is 2.20 bits per heavy atom. The van der Waals surface area contributed by atoms with Gasteiger partial charge in [0.05, 0.1) is 30.1 Å². The lowest BCUT2D eigenvalue weighted by Crippen LogP contribution is -2.38. The van der Waals surface area contributed by atoms with Crippen LogP contribution in [0.3, 0.4) is 0 Å². The molecule has 136 valence electrons. The Balaban J connectivity index is 1.55. The standard InChI is InChI=1S/C16H20ClN3O4S/c17-14-8-18-20(9-14)15-1-3-16(4-2-15)24-11-13-10-23-6-5-12(13)7-19-25(21)22/h1-4,8-9,12-13,19H,5-7,10-11H2,(H,21,22)/t12-,13-/m1/s1. The fraction of sp³-hybridized carbons (Fsp3) is 0.438. The molecule has 1 unspecified atom stereocenters. The van der Waals surface area contributed by atoms with E-state index in [4.69, 9.17) is 25.6 Å². The van der Waals surface area contributed by atoms with E-state index < -0.39 is 11.3 Å². The summed E-state index contributed by atoms with van der Waals surface area (Å²) in [5, 5.41) is 4.74. The number of aromatic nitrogens is 2. The lowest BCUT2D eigenvalue weighted by molar-refractivity contribution is -0.000534. The molecule has 1 saturated heterocycles. The van der Waals surface area contributed by atoms with Gasteiger partial charge in [0.15, 0.2) is 0 Å². The van der Waals surface area contributed by atoms with Crippen LogP contribution in [0.5, 0.6) is 5.75 Å². The molecule has 0 saturated carbocycles. The summed E-state index contributed by atoms with van der Waals surface area (Å²) in [6.45, 7) is 2.23. The van der Waals surface area contributed by atoms with Crippen LogP contribution in [0.25, 0.3) is 5.69 Å². The summed E-state index contributed by atoms with van der Waals surface area (Å²) < 4.78 is 35.3. The monoisotopic (exact) mass is 385 g/mol. The van der Waals surface area contributed by atoms with Crippen LogP contribution >= 0.6 is 11.6 Å². The van der Waals surface area contributed by atoms with Gasteiger partial charge in [0.1, 0.15) is 5.75 Å². The zero-order valence-electron chi connectivity index (χ0n) is 13.5. The van der Waals surface area contributed by atoms with Crippen LogP contribution in [0.4, 0.5) is 0 Å². The molecule has 2 aromatic rings. The zero-order chi connectivity index (χ0) is 17.6. The van der Waals surface area contributed by atoms with Crippen molar-refractivity contribution in [3.63, 3.8) is 0 Å². The molecule has 2 heterocycles. The Labute approximate surface area is 153 Å². The molecule has 9 heteroatoms. The molecule has 3 rings (SSSR count). The summed E-state index contributed by atoms with van der Waals surface area (Å²) in [5.74, 6) is 1.18. The van der Waals surface area contributed by atoms with Gasteiger partial charge in [0.25, 0.3) is 0 Å². The average Bonchev–Trinajstić information content (AvgIpc) is 3.05. The molecule has 0 radical (unpaired) electrons. The summed E-state index contributed by atoms with van der Waals surface area (Å²) in [6, 6.07) is 7.57. The Morgan fingerprint density at radius 1 is 1.40 bits per heavy atom. The molecule has 25 heavy (non-hydrogen) atoms. The van der Waals surface area contributed by atoms with Crippen molar-refractivity contribution in [2.45, 2.75) is 6.42 Å². The van der Waals surface area contributed by atoms with Gasteiger partial charge >= 0.3 is 0 Å². The minimum absolute atomic E-state index is 0.175. The highest BCUT2D eigenvalue weighted by atomic mass is 35.5. The first-order valence-corrected chi connectivity index (χ1v) is 9.46. The molecule has 1 aliphatic rings. The number of benzene rings is 1. The van der Waals surface area contributed by atoms with Gasteiger partial charge in [-0.15, -0.1) is 0 Å². The second kappa shape index (κ2) is 8.77. The Bertz CT molecular complexity index is 710. The number of hydrogen-bond acceptors (Lipinski definition) is 4. The fourth-order valence-electron chi connectivity index (χ4n) is 2.81. The average molecular weight is 386 g/mol.